The fourth-order valence-corrected chi connectivity index (χ4v) is 3.67. The molecule has 20 heavy (non-hydrogen) atoms. The first-order valence-electron chi connectivity index (χ1n) is 6.13. The summed E-state index contributed by atoms with van der Waals surface area (Å²) in [6.45, 7) is 0.345. The van der Waals surface area contributed by atoms with Gasteiger partial charge in [0.15, 0.2) is 5.82 Å². The summed E-state index contributed by atoms with van der Waals surface area (Å²) in [5.41, 5.74) is 0.692. The minimum atomic E-state index is -3.60. The zero-order chi connectivity index (χ0) is 14.9. The van der Waals surface area contributed by atoms with Crippen LogP contribution in [0.5, 0.6) is 0 Å². The largest absolute Gasteiger partial charge is 0.361 e. The Labute approximate surface area is 122 Å². The first kappa shape index (κ1) is 15.1. The molecule has 0 radical (unpaired) electrons. The van der Waals surface area contributed by atoms with Gasteiger partial charge < -0.3 is 9.80 Å². The summed E-state index contributed by atoms with van der Waals surface area (Å²) < 4.78 is 22.3. The Kier molecular flexibility index (Phi) is 4.19. The Morgan fingerprint density at radius 3 is 2.80 bits per heavy atom. The summed E-state index contributed by atoms with van der Waals surface area (Å²) in [6.07, 6.45) is 1.84. The molecule has 0 aromatic carbocycles. The number of halogens is 1. The number of carbonyl (C=O) groups excluding carboxylic acids is 1. The van der Waals surface area contributed by atoms with Crippen LogP contribution >= 0.6 is 10.7 Å². The van der Waals surface area contributed by atoms with Gasteiger partial charge in [0.2, 0.25) is 15.0 Å². The average molecular weight is 318 g/mol. The van der Waals surface area contributed by atoms with Crippen molar-refractivity contribution in [3.05, 3.63) is 18.3 Å². The molecule has 1 aromatic rings. The van der Waals surface area contributed by atoms with Crippen LogP contribution in [-0.2, 0) is 13.8 Å². The second-order valence-electron chi connectivity index (χ2n) is 5.02. The molecule has 1 atom stereocenters. The molecule has 0 spiro atoms. The van der Waals surface area contributed by atoms with Gasteiger partial charge in [-0.15, -0.1) is 0 Å². The summed E-state index contributed by atoms with van der Waals surface area (Å²) in [6, 6.07) is 3.55. The molecular weight excluding hydrogens is 302 g/mol. The fraction of sp³-hybridized carbons (Fsp3) is 0.500. The molecule has 1 fully saturated rings. The van der Waals surface area contributed by atoms with E-state index in [-0.39, 0.29) is 24.0 Å². The van der Waals surface area contributed by atoms with E-state index in [1.807, 2.05) is 19.0 Å². The van der Waals surface area contributed by atoms with Crippen LogP contribution < -0.4 is 9.80 Å². The highest BCUT2D eigenvalue weighted by Crippen LogP contribution is 2.31. The average Bonchev–Trinajstić information content (AvgIpc) is 2.67. The highest BCUT2D eigenvalue weighted by atomic mass is 35.7. The third-order valence-corrected chi connectivity index (χ3v) is 4.37. The van der Waals surface area contributed by atoms with Crippen LogP contribution in [0.4, 0.5) is 11.5 Å². The number of anilines is 2. The molecule has 0 aliphatic carbocycles. The van der Waals surface area contributed by atoms with Crippen molar-refractivity contribution in [3.63, 3.8) is 0 Å². The van der Waals surface area contributed by atoms with E-state index in [9.17, 15) is 13.2 Å². The quantitative estimate of drug-likeness (QED) is 0.777. The van der Waals surface area contributed by atoms with Crippen LogP contribution in [0.25, 0.3) is 0 Å². The molecule has 0 N–H and O–H groups in total. The first-order chi connectivity index (χ1) is 9.28. The van der Waals surface area contributed by atoms with Crippen LogP contribution in [0, 0.1) is 5.92 Å². The lowest BCUT2D eigenvalue weighted by atomic mass is 10.1. The molecule has 0 bridgehead atoms. The highest BCUT2D eigenvalue weighted by Gasteiger charge is 2.34. The lowest BCUT2D eigenvalue weighted by molar-refractivity contribution is -0.117. The lowest BCUT2D eigenvalue weighted by Gasteiger charge is -2.22. The van der Waals surface area contributed by atoms with E-state index in [1.165, 1.54) is 0 Å². The van der Waals surface area contributed by atoms with Crippen molar-refractivity contribution in [2.75, 3.05) is 36.2 Å². The minimum absolute atomic E-state index is 0.105. The van der Waals surface area contributed by atoms with Gasteiger partial charge in [-0.05, 0) is 12.1 Å². The van der Waals surface area contributed by atoms with Gasteiger partial charge in [0.1, 0.15) is 0 Å². The maximum Gasteiger partial charge on any atom is 0.232 e. The zero-order valence-electron chi connectivity index (χ0n) is 11.3. The number of pyridine rings is 1. The Hall–Kier alpha value is -1.34. The summed E-state index contributed by atoms with van der Waals surface area (Å²) in [7, 11) is 5.34. The number of aromatic nitrogens is 1. The minimum Gasteiger partial charge on any atom is -0.361 e. The molecule has 8 heteroatoms. The van der Waals surface area contributed by atoms with Crippen LogP contribution in [-0.4, -0.2) is 45.7 Å². The van der Waals surface area contributed by atoms with Crippen LogP contribution in [0.2, 0.25) is 0 Å². The molecule has 1 saturated heterocycles. The van der Waals surface area contributed by atoms with Crippen molar-refractivity contribution in [2.24, 2.45) is 5.92 Å². The van der Waals surface area contributed by atoms with Gasteiger partial charge in [-0.25, -0.2) is 13.4 Å². The summed E-state index contributed by atoms with van der Waals surface area (Å²) in [5.74, 6) is 0.107. The normalized spacial score (nSPS) is 19.4. The van der Waals surface area contributed by atoms with E-state index in [1.54, 1.807) is 23.2 Å². The monoisotopic (exact) mass is 317 g/mol. The number of carbonyl (C=O) groups is 1. The van der Waals surface area contributed by atoms with E-state index in [4.69, 9.17) is 10.7 Å². The third kappa shape index (κ3) is 3.40. The van der Waals surface area contributed by atoms with E-state index in [0.717, 1.165) is 0 Å². The summed E-state index contributed by atoms with van der Waals surface area (Å²) >= 11 is 0. The standard InChI is InChI=1S/C12H16ClN3O3S/c1-15(2)12-10(4-3-5-14-12)16-7-9(6-11(16)17)8-20(13,18)19/h3-5,9H,6-8H2,1-2H3. The summed E-state index contributed by atoms with van der Waals surface area (Å²) in [5, 5.41) is 0. The molecule has 1 aliphatic heterocycles. The SMILES string of the molecule is CN(C)c1ncccc1N1CC(CS(=O)(=O)Cl)CC1=O. The van der Waals surface area contributed by atoms with Crippen molar-refractivity contribution < 1.29 is 13.2 Å². The zero-order valence-corrected chi connectivity index (χ0v) is 12.9. The Morgan fingerprint density at radius 1 is 1.50 bits per heavy atom. The number of amides is 1. The molecular formula is C12H16ClN3O3S. The third-order valence-electron chi connectivity index (χ3n) is 3.12. The van der Waals surface area contributed by atoms with E-state index in [0.29, 0.717) is 18.1 Å². The topological polar surface area (TPSA) is 70.6 Å². The molecule has 110 valence electrons. The van der Waals surface area contributed by atoms with Gasteiger partial charge in [0.05, 0.1) is 11.4 Å². The molecule has 1 amide bonds. The maximum absolute atomic E-state index is 12.1. The molecule has 0 saturated carbocycles. The molecule has 1 aliphatic rings. The second kappa shape index (κ2) is 5.57. The Bertz CT molecular complexity index is 618. The molecule has 2 heterocycles. The van der Waals surface area contributed by atoms with E-state index < -0.39 is 9.05 Å². The van der Waals surface area contributed by atoms with Crippen LogP contribution in [0.1, 0.15) is 6.42 Å². The maximum atomic E-state index is 12.1. The molecule has 6 nitrogen and oxygen atoms in total. The first-order valence-corrected chi connectivity index (χ1v) is 8.61. The van der Waals surface area contributed by atoms with Gasteiger partial charge >= 0.3 is 0 Å². The molecule has 1 aromatic heterocycles. The molecule has 1 unspecified atom stereocenters. The predicted octanol–water partition coefficient (Wildman–Crippen LogP) is 1.07. The van der Waals surface area contributed by atoms with Gasteiger partial charge in [0, 0.05) is 49.9 Å². The van der Waals surface area contributed by atoms with Crippen molar-refractivity contribution in [3.8, 4) is 0 Å². The Morgan fingerprint density at radius 2 is 2.20 bits per heavy atom. The number of hydrogen-bond acceptors (Lipinski definition) is 5. The highest BCUT2D eigenvalue weighted by molar-refractivity contribution is 8.13. The van der Waals surface area contributed by atoms with Gasteiger partial charge in [0.25, 0.3) is 0 Å². The second-order valence-corrected chi connectivity index (χ2v) is 7.84. The van der Waals surface area contributed by atoms with Crippen LogP contribution in [0.15, 0.2) is 18.3 Å². The van der Waals surface area contributed by atoms with Gasteiger partial charge in [-0.1, -0.05) is 0 Å². The van der Waals surface area contributed by atoms with E-state index >= 15 is 0 Å². The predicted molar refractivity (Wildman–Crippen MR) is 78.7 cm³/mol. The van der Waals surface area contributed by atoms with Crippen LogP contribution in [0.3, 0.4) is 0 Å². The fourth-order valence-electron chi connectivity index (χ4n) is 2.35. The molecule has 2 rings (SSSR count). The van der Waals surface area contributed by atoms with Crippen molar-refractivity contribution >= 4 is 37.1 Å². The number of hydrogen-bond donors (Lipinski definition) is 0. The van der Waals surface area contributed by atoms with Crippen molar-refractivity contribution in [1.29, 1.82) is 0 Å². The Balaban J connectivity index is 2.24. The summed E-state index contributed by atoms with van der Waals surface area (Å²) in [4.78, 5) is 19.7. The van der Waals surface area contributed by atoms with Gasteiger partial charge in [-0.3, -0.25) is 4.79 Å². The smallest absolute Gasteiger partial charge is 0.232 e. The van der Waals surface area contributed by atoms with E-state index in [2.05, 4.69) is 4.98 Å². The lowest BCUT2D eigenvalue weighted by Crippen LogP contribution is -2.27. The number of rotatable bonds is 4. The number of nitrogens with zero attached hydrogens (tertiary/aromatic N) is 3. The van der Waals surface area contributed by atoms with Crippen molar-refractivity contribution in [1.82, 2.24) is 4.98 Å². The van der Waals surface area contributed by atoms with Gasteiger partial charge in [-0.2, -0.15) is 0 Å². The van der Waals surface area contributed by atoms with Crippen molar-refractivity contribution in [2.45, 2.75) is 6.42 Å².